The third-order valence-corrected chi connectivity index (χ3v) is 5.07. The van der Waals surface area contributed by atoms with Crippen LogP contribution < -0.4 is 5.32 Å². The van der Waals surface area contributed by atoms with E-state index in [2.05, 4.69) is 5.32 Å². The molecule has 0 aromatic heterocycles. The smallest absolute Gasteiger partial charge is 0.326 e. The van der Waals surface area contributed by atoms with Crippen LogP contribution in [-0.4, -0.2) is 39.5 Å². The summed E-state index contributed by atoms with van der Waals surface area (Å²) in [5.74, 6) is -2.93. The summed E-state index contributed by atoms with van der Waals surface area (Å²) in [6, 6.07) is 8.95. The second-order valence-electron chi connectivity index (χ2n) is 6.26. The number of benzene rings is 1. The van der Waals surface area contributed by atoms with Gasteiger partial charge in [0.15, 0.2) is 0 Å². The van der Waals surface area contributed by atoms with Crippen molar-refractivity contribution in [3.63, 3.8) is 0 Å². The van der Waals surface area contributed by atoms with E-state index in [1.54, 1.807) is 24.3 Å². The number of carboxylic acid groups (broad SMARTS) is 1. The first-order chi connectivity index (χ1) is 11.3. The van der Waals surface area contributed by atoms with Gasteiger partial charge >= 0.3 is 13.6 Å². The predicted octanol–water partition coefficient (Wildman–Crippen LogP) is 1.25. The van der Waals surface area contributed by atoms with Crippen molar-refractivity contribution in [2.75, 3.05) is 12.7 Å². The zero-order valence-corrected chi connectivity index (χ0v) is 14.1. The van der Waals surface area contributed by atoms with Crippen LogP contribution in [0.2, 0.25) is 0 Å². The van der Waals surface area contributed by atoms with Gasteiger partial charge in [-0.25, -0.2) is 0 Å². The molecule has 0 spiro atoms. The molecule has 132 valence electrons. The van der Waals surface area contributed by atoms with Crippen LogP contribution in [0.5, 0.6) is 0 Å². The van der Waals surface area contributed by atoms with Crippen LogP contribution in [0.4, 0.5) is 0 Å². The summed E-state index contributed by atoms with van der Waals surface area (Å²) in [6.45, 7) is -0.00865. The quantitative estimate of drug-likeness (QED) is 0.494. The summed E-state index contributed by atoms with van der Waals surface area (Å²) in [7, 11) is -4.36. The Labute approximate surface area is 140 Å². The van der Waals surface area contributed by atoms with E-state index in [1.807, 2.05) is 6.07 Å². The fourth-order valence-electron chi connectivity index (χ4n) is 2.73. The summed E-state index contributed by atoms with van der Waals surface area (Å²) in [6.07, 6.45) is 1.30. The highest BCUT2D eigenvalue weighted by Crippen LogP contribution is 2.38. The van der Waals surface area contributed by atoms with Gasteiger partial charge in [-0.3, -0.25) is 14.2 Å². The molecule has 1 aromatic carbocycles. The average Bonchev–Trinajstić information content (AvgIpc) is 3.30. The fourth-order valence-corrected chi connectivity index (χ4v) is 3.60. The molecule has 0 aliphatic heterocycles. The molecule has 24 heavy (non-hydrogen) atoms. The van der Waals surface area contributed by atoms with Crippen molar-refractivity contribution in [2.45, 2.75) is 19.3 Å². The van der Waals surface area contributed by atoms with Crippen molar-refractivity contribution in [3.8, 4) is 0 Å². The van der Waals surface area contributed by atoms with Crippen molar-refractivity contribution >= 4 is 19.5 Å². The predicted molar refractivity (Wildman–Crippen MR) is 87.4 cm³/mol. The van der Waals surface area contributed by atoms with Gasteiger partial charge in [-0.2, -0.15) is 0 Å². The molecule has 1 aromatic rings. The van der Waals surface area contributed by atoms with Crippen LogP contribution in [-0.2, 0) is 20.6 Å². The highest BCUT2D eigenvalue weighted by Gasteiger charge is 2.37. The first-order valence-electron chi connectivity index (χ1n) is 7.85. The number of nitrogens with one attached hydrogen (secondary N) is 1. The molecular weight excluding hydrogens is 333 g/mol. The van der Waals surface area contributed by atoms with Crippen LogP contribution in [0, 0.1) is 17.8 Å². The lowest BCUT2D eigenvalue weighted by molar-refractivity contribution is -0.142. The van der Waals surface area contributed by atoms with Crippen LogP contribution in [0.25, 0.3) is 0 Å². The summed E-state index contributed by atoms with van der Waals surface area (Å²) in [5.41, 5.74) is 0.795. The maximum atomic E-state index is 12.3. The molecule has 1 fully saturated rings. The van der Waals surface area contributed by atoms with E-state index in [-0.39, 0.29) is 18.9 Å². The summed E-state index contributed by atoms with van der Waals surface area (Å²) in [5, 5.41) is 11.7. The van der Waals surface area contributed by atoms with E-state index >= 15 is 0 Å². The van der Waals surface area contributed by atoms with Crippen molar-refractivity contribution in [1.29, 1.82) is 0 Å². The van der Waals surface area contributed by atoms with Gasteiger partial charge < -0.3 is 20.2 Å². The lowest BCUT2D eigenvalue weighted by Crippen LogP contribution is -2.39. The molecule has 0 radical (unpaired) electrons. The Balaban J connectivity index is 2.00. The van der Waals surface area contributed by atoms with E-state index in [0.29, 0.717) is 0 Å². The molecule has 4 N–H and O–H groups in total. The number of hydrogen-bond donors (Lipinski definition) is 4. The normalized spacial score (nSPS) is 17.1. The lowest BCUT2D eigenvalue weighted by Gasteiger charge is -2.19. The number of carbonyl (C=O) groups excluding carboxylic acids is 1. The van der Waals surface area contributed by atoms with E-state index in [0.717, 1.165) is 18.4 Å². The molecule has 1 amide bonds. The molecule has 1 aliphatic rings. The van der Waals surface area contributed by atoms with Gasteiger partial charge in [-0.1, -0.05) is 30.3 Å². The van der Waals surface area contributed by atoms with Crippen molar-refractivity contribution in [1.82, 2.24) is 5.32 Å². The standard InChI is InChI=1S/C16H22NO6P/c18-15(17-9-14(16(19)20)12-6-7-12)13(10-24(21,22)23)8-11-4-2-1-3-5-11/h1-5,12-14H,6-10H2,(H,17,18)(H,19,20)(H2,21,22,23). The number of rotatable bonds is 9. The number of amides is 1. The second kappa shape index (κ2) is 7.92. The minimum absolute atomic E-state index is 0.00865. The number of hydrogen-bond acceptors (Lipinski definition) is 3. The third-order valence-electron chi connectivity index (χ3n) is 4.16. The summed E-state index contributed by atoms with van der Waals surface area (Å²) >= 11 is 0. The molecule has 7 nitrogen and oxygen atoms in total. The van der Waals surface area contributed by atoms with Gasteiger partial charge in [0.05, 0.1) is 18.0 Å². The Kier molecular flexibility index (Phi) is 6.15. The van der Waals surface area contributed by atoms with Crippen LogP contribution >= 0.6 is 7.60 Å². The molecule has 8 heteroatoms. The third kappa shape index (κ3) is 6.07. The Morgan fingerprint density at radius 3 is 2.33 bits per heavy atom. The lowest BCUT2D eigenvalue weighted by atomic mass is 9.99. The number of carboxylic acids is 1. The maximum Gasteiger partial charge on any atom is 0.326 e. The molecule has 0 bridgehead atoms. The van der Waals surface area contributed by atoms with Gasteiger partial charge in [0.2, 0.25) is 5.91 Å². The second-order valence-corrected chi connectivity index (χ2v) is 7.96. The average molecular weight is 355 g/mol. The van der Waals surface area contributed by atoms with Gasteiger partial charge in [-0.15, -0.1) is 0 Å². The van der Waals surface area contributed by atoms with Gasteiger partial charge in [0.1, 0.15) is 0 Å². The fraction of sp³-hybridized carbons (Fsp3) is 0.500. The van der Waals surface area contributed by atoms with Crippen molar-refractivity contribution in [2.24, 2.45) is 17.8 Å². The Morgan fingerprint density at radius 1 is 1.21 bits per heavy atom. The van der Waals surface area contributed by atoms with Gasteiger partial charge in [0, 0.05) is 6.54 Å². The van der Waals surface area contributed by atoms with Crippen molar-refractivity contribution in [3.05, 3.63) is 35.9 Å². The number of carbonyl (C=O) groups is 2. The summed E-state index contributed by atoms with van der Waals surface area (Å²) < 4.78 is 11.3. The molecule has 2 unspecified atom stereocenters. The zero-order valence-electron chi connectivity index (χ0n) is 13.2. The molecule has 1 saturated carbocycles. The molecule has 1 aliphatic carbocycles. The molecule has 0 saturated heterocycles. The Morgan fingerprint density at radius 2 is 1.83 bits per heavy atom. The Bertz CT molecular complexity index is 625. The minimum atomic E-state index is -4.36. The van der Waals surface area contributed by atoms with E-state index in [4.69, 9.17) is 0 Å². The maximum absolute atomic E-state index is 12.3. The molecular formula is C16H22NO6P. The van der Waals surface area contributed by atoms with E-state index in [9.17, 15) is 29.0 Å². The largest absolute Gasteiger partial charge is 0.481 e. The zero-order chi connectivity index (χ0) is 17.7. The molecule has 2 rings (SSSR count). The Hall–Kier alpha value is -1.69. The first-order valence-corrected chi connectivity index (χ1v) is 9.65. The minimum Gasteiger partial charge on any atom is -0.481 e. The van der Waals surface area contributed by atoms with Crippen LogP contribution in [0.1, 0.15) is 18.4 Å². The van der Waals surface area contributed by atoms with E-state index < -0.39 is 37.5 Å². The highest BCUT2D eigenvalue weighted by atomic mass is 31.2. The SMILES string of the molecule is O=C(NCC(C(=O)O)C1CC1)C(Cc1ccccc1)CP(=O)(O)O. The topological polar surface area (TPSA) is 124 Å². The molecule has 2 atom stereocenters. The van der Waals surface area contributed by atoms with Crippen LogP contribution in [0.3, 0.4) is 0 Å². The van der Waals surface area contributed by atoms with E-state index in [1.165, 1.54) is 0 Å². The molecule has 0 heterocycles. The number of aliphatic carboxylic acids is 1. The summed E-state index contributed by atoms with van der Waals surface area (Å²) in [4.78, 5) is 42.0. The van der Waals surface area contributed by atoms with Gasteiger partial charge in [-0.05, 0) is 30.7 Å². The van der Waals surface area contributed by atoms with Gasteiger partial charge in [0.25, 0.3) is 0 Å². The van der Waals surface area contributed by atoms with Crippen molar-refractivity contribution < 1.29 is 29.0 Å². The van der Waals surface area contributed by atoms with Crippen LogP contribution in [0.15, 0.2) is 30.3 Å². The first kappa shape index (κ1) is 18.6. The highest BCUT2D eigenvalue weighted by molar-refractivity contribution is 7.51. The monoisotopic (exact) mass is 355 g/mol.